The first kappa shape index (κ1) is 23.8. The maximum atomic E-state index is 5.72. The predicted molar refractivity (Wildman–Crippen MR) is 133 cm³/mol. The van der Waals surface area contributed by atoms with Gasteiger partial charge in [0.2, 0.25) is 0 Å². The van der Waals surface area contributed by atoms with Gasteiger partial charge in [0.15, 0.2) is 0 Å². The average Bonchev–Trinajstić information content (AvgIpc) is 2.82. The Morgan fingerprint density at radius 2 is 1.61 bits per heavy atom. The van der Waals surface area contributed by atoms with Crippen molar-refractivity contribution in [2.45, 2.75) is 97.3 Å². The van der Waals surface area contributed by atoms with Gasteiger partial charge in [0.25, 0.3) is 0 Å². The molecule has 1 aliphatic rings. The smallest absolute Gasteiger partial charge is 0.137 e. The summed E-state index contributed by atoms with van der Waals surface area (Å²) in [5.41, 5.74) is 3.68. The van der Waals surface area contributed by atoms with Crippen molar-refractivity contribution >= 4 is 0 Å². The van der Waals surface area contributed by atoms with Crippen molar-refractivity contribution in [2.75, 3.05) is 6.61 Å². The Hall–Kier alpha value is -1.83. The summed E-state index contributed by atoms with van der Waals surface area (Å²) < 4.78 is 5.72. The Balaban J connectivity index is 1.43. The van der Waals surface area contributed by atoms with Gasteiger partial charge in [-0.15, -0.1) is 0 Å². The number of pyridine rings is 1. The highest BCUT2D eigenvalue weighted by Crippen LogP contribution is 2.35. The Morgan fingerprint density at radius 3 is 2.32 bits per heavy atom. The Morgan fingerprint density at radius 1 is 0.839 bits per heavy atom. The lowest BCUT2D eigenvalue weighted by Gasteiger charge is -2.29. The van der Waals surface area contributed by atoms with Crippen LogP contribution in [0.2, 0.25) is 0 Å². The molecule has 1 fully saturated rings. The standard InChI is InChI=1S/C29H43NO/c1-3-5-7-8-10-25-11-9-12-26(22-25)14-13-24-15-17-27(18-16-24)29-20-19-28(23-30-29)31-21-6-4-2/h15-20,23,25-26H,3-14,21-22H2,1-2H3. The zero-order valence-electron chi connectivity index (χ0n) is 20.0. The number of rotatable bonds is 13. The van der Waals surface area contributed by atoms with Gasteiger partial charge in [0.1, 0.15) is 5.75 Å². The second kappa shape index (κ2) is 13.6. The molecule has 2 aromatic rings. The van der Waals surface area contributed by atoms with Gasteiger partial charge in [-0.25, -0.2) is 0 Å². The summed E-state index contributed by atoms with van der Waals surface area (Å²) in [7, 11) is 0. The van der Waals surface area contributed by atoms with E-state index in [4.69, 9.17) is 4.74 Å². The molecule has 0 bridgehead atoms. The van der Waals surface area contributed by atoms with Crippen LogP contribution in [0, 0.1) is 11.8 Å². The summed E-state index contributed by atoms with van der Waals surface area (Å²) in [4.78, 5) is 4.60. The molecule has 170 valence electrons. The van der Waals surface area contributed by atoms with Crippen LogP contribution >= 0.6 is 0 Å². The fourth-order valence-electron chi connectivity index (χ4n) is 4.97. The Bertz CT molecular complexity index is 721. The van der Waals surface area contributed by atoms with Gasteiger partial charge < -0.3 is 4.74 Å². The first-order valence-electron chi connectivity index (χ1n) is 13.0. The number of aromatic nitrogens is 1. The van der Waals surface area contributed by atoms with Crippen LogP contribution in [-0.4, -0.2) is 11.6 Å². The summed E-state index contributed by atoms with van der Waals surface area (Å²) in [5, 5.41) is 0. The molecule has 31 heavy (non-hydrogen) atoms. The van der Waals surface area contributed by atoms with Crippen LogP contribution in [0.4, 0.5) is 0 Å². The molecule has 0 radical (unpaired) electrons. The zero-order valence-corrected chi connectivity index (χ0v) is 20.0. The molecule has 3 rings (SSSR count). The van der Waals surface area contributed by atoms with E-state index in [1.165, 1.54) is 81.8 Å². The molecule has 0 saturated heterocycles. The van der Waals surface area contributed by atoms with Gasteiger partial charge in [-0.3, -0.25) is 4.98 Å². The number of nitrogens with zero attached hydrogens (tertiary/aromatic N) is 1. The van der Waals surface area contributed by atoms with Gasteiger partial charge in [0, 0.05) is 5.56 Å². The van der Waals surface area contributed by atoms with Crippen molar-refractivity contribution < 1.29 is 4.74 Å². The van der Waals surface area contributed by atoms with Gasteiger partial charge in [0.05, 0.1) is 18.5 Å². The Labute approximate surface area is 190 Å². The first-order chi connectivity index (χ1) is 15.3. The highest BCUT2D eigenvalue weighted by molar-refractivity contribution is 5.59. The number of aryl methyl sites for hydroxylation is 1. The molecule has 1 aromatic heterocycles. The summed E-state index contributed by atoms with van der Waals surface area (Å²) >= 11 is 0. The number of benzene rings is 1. The maximum absolute atomic E-state index is 5.72. The van der Waals surface area contributed by atoms with Gasteiger partial charge in [-0.05, 0) is 55.2 Å². The Kier molecular flexibility index (Phi) is 10.4. The van der Waals surface area contributed by atoms with Crippen molar-refractivity contribution in [3.8, 4) is 17.0 Å². The molecule has 0 aliphatic heterocycles. The zero-order chi connectivity index (χ0) is 21.7. The number of hydrogen-bond acceptors (Lipinski definition) is 2. The number of unbranched alkanes of at least 4 members (excludes halogenated alkanes) is 4. The second-order valence-electron chi connectivity index (χ2n) is 9.56. The van der Waals surface area contributed by atoms with Crippen molar-refractivity contribution in [1.82, 2.24) is 4.98 Å². The molecule has 1 aromatic carbocycles. The van der Waals surface area contributed by atoms with E-state index in [1.54, 1.807) is 0 Å². The van der Waals surface area contributed by atoms with Crippen LogP contribution in [-0.2, 0) is 6.42 Å². The second-order valence-corrected chi connectivity index (χ2v) is 9.56. The van der Waals surface area contributed by atoms with Gasteiger partial charge >= 0.3 is 0 Å². The molecule has 1 aliphatic carbocycles. The highest BCUT2D eigenvalue weighted by Gasteiger charge is 2.21. The summed E-state index contributed by atoms with van der Waals surface area (Å²) in [5.74, 6) is 2.80. The topological polar surface area (TPSA) is 22.1 Å². The molecular formula is C29H43NO. The van der Waals surface area contributed by atoms with E-state index in [1.807, 2.05) is 12.3 Å². The average molecular weight is 422 g/mol. The summed E-state index contributed by atoms with van der Waals surface area (Å²) in [6.45, 7) is 5.25. The van der Waals surface area contributed by atoms with Crippen molar-refractivity contribution in [3.05, 3.63) is 48.2 Å². The molecular weight excluding hydrogens is 378 g/mol. The summed E-state index contributed by atoms with van der Waals surface area (Å²) in [6, 6.07) is 13.2. The van der Waals surface area contributed by atoms with Crippen molar-refractivity contribution in [2.24, 2.45) is 11.8 Å². The molecule has 2 heteroatoms. The quantitative estimate of drug-likeness (QED) is 0.302. The fourth-order valence-corrected chi connectivity index (χ4v) is 4.97. The monoisotopic (exact) mass is 421 g/mol. The first-order valence-corrected chi connectivity index (χ1v) is 13.0. The van der Waals surface area contributed by atoms with Gasteiger partial charge in [-0.1, -0.05) is 95.9 Å². The largest absolute Gasteiger partial charge is 0.492 e. The van der Waals surface area contributed by atoms with Crippen LogP contribution < -0.4 is 4.74 Å². The molecule has 0 N–H and O–H groups in total. The minimum absolute atomic E-state index is 0.771. The van der Waals surface area contributed by atoms with E-state index >= 15 is 0 Å². The molecule has 2 unspecified atom stereocenters. The lowest BCUT2D eigenvalue weighted by atomic mass is 9.77. The van der Waals surface area contributed by atoms with Crippen LogP contribution in [0.1, 0.15) is 96.5 Å². The molecule has 0 amide bonds. The van der Waals surface area contributed by atoms with E-state index in [0.717, 1.165) is 42.7 Å². The number of ether oxygens (including phenoxy) is 1. The third-order valence-electron chi connectivity index (χ3n) is 6.95. The number of hydrogen-bond donors (Lipinski definition) is 0. The van der Waals surface area contributed by atoms with E-state index < -0.39 is 0 Å². The van der Waals surface area contributed by atoms with Crippen LogP contribution in [0.3, 0.4) is 0 Å². The van der Waals surface area contributed by atoms with Crippen LogP contribution in [0.25, 0.3) is 11.3 Å². The third kappa shape index (κ3) is 8.31. The van der Waals surface area contributed by atoms with Crippen molar-refractivity contribution in [1.29, 1.82) is 0 Å². The normalized spacial score (nSPS) is 18.8. The highest BCUT2D eigenvalue weighted by atomic mass is 16.5. The molecule has 1 saturated carbocycles. The maximum Gasteiger partial charge on any atom is 0.137 e. The molecule has 2 nitrogen and oxygen atoms in total. The van der Waals surface area contributed by atoms with E-state index in [2.05, 4.69) is 49.2 Å². The van der Waals surface area contributed by atoms with E-state index in [9.17, 15) is 0 Å². The van der Waals surface area contributed by atoms with E-state index in [-0.39, 0.29) is 0 Å². The van der Waals surface area contributed by atoms with Crippen LogP contribution in [0.5, 0.6) is 5.75 Å². The van der Waals surface area contributed by atoms with Crippen molar-refractivity contribution in [3.63, 3.8) is 0 Å². The minimum atomic E-state index is 0.771. The lowest BCUT2D eigenvalue weighted by molar-refractivity contribution is 0.239. The minimum Gasteiger partial charge on any atom is -0.492 e. The lowest BCUT2D eigenvalue weighted by Crippen LogP contribution is -2.16. The predicted octanol–water partition coefficient (Wildman–Crippen LogP) is 8.64. The van der Waals surface area contributed by atoms with Gasteiger partial charge in [-0.2, -0.15) is 0 Å². The fraction of sp³-hybridized carbons (Fsp3) is 0.621. The molecule has 2 atom stereocenters. The van der Waals surface area contributed by atoms with E-state index in [0.29, 0.717) is 0 Å². The molecule has 0 spiro atoms. The SMILES string of the molecule is CCCCCCC1CCCC(CCc2ccc(-c3ccc(OCCCC)cn3)cc2)C1. The van der Waals surface area contributed by atoms with Crippen LogP contribution in [0.15, 0.2) is 42.6 Å². The summed E-state index contributed by atoms with van der Waals surface area (Å²) in [6.07, 6.45) is 19.6. The third-order valence-corrected chi connectivity index (χ3v) is 6.95. The molecule has 1 heterocycles.